The molecule has 3 rings (SSSR count). The van der Waals surface area contributed by atoms with Crippen LogP contribution >= 0.6 is 0 Å². The van der Waals surface area contributed by atoms with Gasteiger partial charge in [-0.15, -0.1) is 5.10 Å². The zero-order valence-electron chi connectivity index (χ0n) is 6.36. The smallest absolute Gasteiger partial charge is 0.102 e. The summed E-state index contributed by atoms with van der Waals surface area (Å²) < 4.78 is 0. The maximum absolute atomic E-state index is 4.06. The Labute approximate surface area is 70.0 Å². The van der Waals surface area contributed by atoms with Gasteiger partial charge in [0.1, 0.15) is 5.71 Å². The maximum Gasteiger partial charge on any atom is 0.102 e. The van der Waals surface area contributed by atoms with Crippen molar-refractivity contribution in [3.63, 3.8) is 0 Å². The third kappa shape index (κ3) is 0.593. The zero-order valence-corrected chi connectivity index (χ0v) is 6.36. The minimum atomic E-state index is 1.02. The standard InChI is InChI=1S/C10H6N2/c1-2-4-9-7(3-1)5-8-6-11-12-10(8)9/h1-6H. The van der Waals surface area contributed by atoms with Crippen LogP contribution < -0.4 is 0 Å². The first kappa shape index (κ1) is 5.89. The lowest BCUT2D eigenvalue weighted by molar-refractivity contribution is 1.28. The van der Waals surface area contributed by atoms with Crippen LogP contribution in [0.2, 0.25) is 0 Å². The third-order valence-corrected chi connectivity index (χ3v) is 2.15. The molecule has 0 spiro atoms. The van der Waals surface area contributed by atoms with Crippen molar-refractivity contribution >= 4 is 18.0 Å². The van der Waals surface area contributed by atoms with Crippen molar-refractivity contribution in [2.75, 3.05) is 0 Å². The summed E-state index contributed by atoms with van der Waals surface area (Å²) in [5.74, 6) is 0. The minimum absolute atomic E-state index is 1.02. The van der Waals surface area contributed by atoms with E-state index in [4.69, 9.17) is 0 Å². The molecule has 1 aromatic rings. The first-order chi connectivity index (χ1) is 5.95. The minimum Gasteiger partial charge on any atom is -0.158 e. The molecule has 0 amide bonds. The van der Waals surface area contributed by atoms with Crippen molar-refractivity contribution in [2.24, 2.45) is 10.2 Å². The lowest BCUT2D eigenvalue weighted by Crippen LogP contribution is -1.96. The van der Waals surface area contributed by atoms with Crippen LogP contribution in [0.4, 0.5) is 0 Å². The van der Waals surface area contributed by atoms with Gasteiger partial charge in [0.25, 0.3) is 0 Å². The summed E-state index contributed by atoms with van der Waals surface area (Å²) in [4.78, 5) is 0. The second-order valence-corrected chi connectivity index (χ2v) is 2.88. The molecule has 0 aromatic heterocycles. The largest absolute Gasteiger partial charge is 0.158 e. The Morgan fingerprint density at radius 1 is 1.08 bits per heavy atom. The highest BCUT2D eigenvalue weighted by Gasteiger charge is 2.20. The number of benzene rings is 1. The molecule has 56 valence electrons. The van der Waals surface area contributed by atoms with E-state index in [2.05, 4.69) is 28.4 Å². The molecule has 0 saturated heterocycles. The Morgan fingerprint density at radius 2 is 2.00 bits per heavy atom. The molecular formula is C10H6N2. The number of nitrogens with zero attached hydrogens (tertiary/aromatic N) is 2. The van der Waals surface area contributed by atoms with Crippen LogP contribution in [0.15, 0.2) is 40.0 Å². The first-order valence-corrected chi connectivity index (χ1v) is 3.88. The predicted octanol–water partition coefficient (Wildman–Crippen LogP) is 1.87. The van der Waals surface area contributed by atoms with E-state index in [0.717, 1.165) is 11.3 Å². The summed E-state index contributed by atoms with van der Waals surface area (Å²) in [5.41, 5.74) is 4.60. The van der Waals surface area contributed by atoms with Gasteiger partial charge in [0.05, 0.1) is 6.21 Å². The van der Waals surface area contributed by atoms with Crippen molar-refractivity contribution in [3.8, 4) is 0 Å². The quantitative estimate of drug-likeness (QED) is 0.545. The lowest BCUT2D eigenvalue weighted by Gasteiger charge is -1.95. The number of hydrogen-bond donors (Lipinski definition) is 0. The van der Waals surface area contributed by atoms with Gasteiger partial charge >= 0.3 is 0 Å². The molecule has 1 aliphatic carbocycles. The topological polar surface area (TPSA) is 24.7 Å². The highest BCUT2D eigenvalue weighted by atomic mass is 15.2. The Bertz CT molecular complexity index is 439. The van der Waals surface area contributed by atoms with Crippen molar-refractivity contribution in [3.05, 3.63) is 41.0 Å². The number of hydrogen-bond acceptors (Lipinski definition) is 2. The highest BCUT2D eigenvalue weighted by molar-refractivity contribution is 6.32. The van der Waals surface area contributed by atoms with Gasteiger partial charge in [0, 0.05) is 11.1 Å². The molecule has 0 bridgehead atoms. The van der Waals surface area contributed by atoms with Gasteiger partial charge in [0.2, 0.25) is 0 Å². The van der Waals surface area contributed by atoms with E-state index in [9.17, 15) is 0 Å². The zero-order chi connectivity index (χ0) is 7.97. The average Bonchev–Trinajstić information content (AvgIpc) is 2.62. The van der Waals surface area contributed by atoms with Crippen molar-refractivity contribution < 1.29 is 0 Å². The average molecular weight is 154 g/mol. The summed E-state index contributed by atoms with van der Waals surface area (Å²) in [7, 11) is 0. The molecule has 12 heavy (non-hydrogen) atoms. The molecular weight excluding hydrogens is 148 g/mol. The van der Waals surface area contributed by atoms with E-state index >= 15 is 0 Å². The summed E-state index contributed by atoms with van der Waals surface area (Å²) in [5, 5.41) is 7.92. The molecule has 1 aliphatic heterocycles. The highest BCUT2D eigenvalue weighted by Crippen LogP contribution is 2.26. The van der Waals surface area contributed by atoms with Crippen molar-refractivity contribution in [1.82, 2.24) is 0 Å². The molecule has 0 saturated carbocycles. The summed E-state index contributed by atoms with van der Waals surface area (Å²) in [6.07, 6.45) is 3.92. The normalized spacial score (nSPS) is 17.0. The van der Waals surface area contributed by atoms with Gasteiger partial charge in [-0.1, -0.05) is 24.3 Å². The summed E-state index contributed by atoms with van der Waals surface area (Å²) in [6.45, 7) is 0. The van der Waals surface area contributed by atoms with Crippen LogP contribution in [0.25, 0.3) is 6.08 Å². The van der Waals surface area contributed by atoms with Crippen molar-refractivity contribution in [1.29, 1.82) is 0 Å². The van der Waals surface area contributed by atoms with E-state index < -0.39 is 0 Å². The van der Waals surface area contributed by atoms with E-state index in [1.807, 2.05) is 12.1 Å². The third-order valence-electron chi connectivity index (χ3n) is 2.15. The Kier molecular flexibility index (Phi) is 0.939. The van der Waals surface area contributed by atoms with Crippen molar-refractivity contribution in [2.45, 2.75) is 0 Å². The van der Waals surface area contributed by atoms with E-state index in [0.29, 0.717) is 0 Å². The molecule has 0 fully saturated rings. The molecule has 0 atom stereocenters. The number of fused-ring (bicyclic) bond motifs is 3. The van der Waals surface area contributed by atoms with Crippen LogP contribution in [0.1, 0.15) is 11.1 Å². The summed E-state index contributed by atoms with van der Waals surface area (Å²) in [6, 6.07) is 8.23. The fourth-order valence-corrected chi connectivity index (χ4v) is 1.59. The SMILES string of the molecule is C1=NN=C2C1=Cc1ccccc12. The van der Waals surface area contributed by atoms with Gasteiger partial charge in [-0.05, 0) is 11.6 Å². The number of allylic oxidation sites excluding steroid dienone is 1. The molecule has 0 N–H and O–H groups in total. The van der Waals surface area contributed by atoms with E-state index in [-0.39, 0.29) is 0 Å². The molecule has 2 aliphatic rings. The number of rotatable bonds is 0. The molecule has 2 heteroatoms. The Hall–Kier alpha value is -1.70. The lowest BCUT2D eigenvalue weighted by atomic mass is 10.1. The van der Waals surface area contributed by atoms with E-state index in [1.165, 1.54) is 11.1 Å². The second kappa shape index (κ2) is 1.91. The molecule has 0 unspecified atom stereocenters. The van der Waals surface area contributed by atoms with Gasteiger partial charge < -0.3 is 0 Å². The predicted molar refractivity (Wildman–Crippen MR) is 49.4 cm³/mol. The van der Waals surface area contributed by atoms with Gasteiger partial charge in [-0.2, -0.15) is 5.10 Å². The first-order valence-electron chi connectivity index (χ1n) is 3.88. The van der Waals surface area contributed by atoms with E-state index in [1.54, 1.807) is 6.21 Å². The molecule has 1 heterocycles. The molecule has 1 aromatic carbocycles. The van der Waals surface area contributed by atoms with Crippen LogP contribution in [0.5, 0.6) is 0 Å². The van der Waals surface area contributed by atoms with Gasteiger partial charge in [-0.3, -0.25) is 0 Å². The van der Waals surface area contributed by atoms with Gasteiger partial charge in [-0.25, -0.2) is 0 Å². The summed E-state index contributed by atoms with van der Waals surface area (Å²) >= 11 is 0. The van der Waals surface area contributed by atoms with Gasteiger partial charge in [0.15, 0.2) is 0 Å². The molecule has 2 nitrogen and oxygen atoms in total. The maximum atomic E-state index is 4.06. The fourth-order valence-electron chi connectivity index (χ4n) is 1.59. The Morgan fingerprint density at radius 3 is 3.00 bits per heavy atom. The van der Waals surface area contributed by atoms with Crippen LogP contribution in [0, 0.1) is 0 Å². The monoisotopic (exact) mass is 154 g/mol. The Balaban J connectivity index is 2.33. The molecule has 0 radical (unpaired) electrons. The fraction of sp³-hybridized carbons (Fsp3) is 0. The van der Waals surface area contributed by atoms with Crippen LogP contribution in [-0.4, -0.2) is 11.9 Å². The van der Waals surface area contributed by atoms with Crippen LogP contribution in [0.3, 0.4) is 0 Å². The second-order valence-electron chi connectivity index (χ2n) is 2.88. The van der Waals surface area contributed by atoms with Crippen LogP contribution in [-0.2, 0) is 0 Å².